The molecule has 0 heterocycles. The summed E-state index contributed by atoms with van der Waals surface area (Å²) >= 11 is 0. The van der Waals surface area contributed by atoms with Crippen LogP contribution in [0.15, 0.2) is 48.1 Å². The van der Waals surface area contributed by atoms with Crippen LogP contribution in [0.3, 0.4) is 0 Å². The van der Waals surface area contributed by atoms with Crippen molar-refractivity contribution in [1.82, 2.24) is 0 Å². The highest BCUT2D eigenvalue weighted by molar-refractivity contribution is 6.13. The standard InChI is InChI=1S/C15H14/c1-2-6-11-7-5-10-14-12-8-3-4-9-13(12)15(11)14/h3-6,8-10H,2,7H2,1H3. The molecule has 1 aromatic carbocycles. The Bertz CT molecular complexity index is 499. The molecule has 3 rings (SSSR count). The number of fused-ring (bicyclic) bond motifs is 3. The largest absolute Gasteiger partial charge is 0.0806 e. The molecular weight excluding hydrogens is 180 g/mol. The third-order valence-electron chi connectivity index (χ3n) is 3.15. The predicted octanol–water partition coefficient (Wildman–Crippen LogP) is 4.21. The van der Waals surface area contributed by atoms with Gasteiger partial charge in [-0.3, -0.25) is 0 Å². The van der Waals surface area contributed by atoms with Crippen molar-refractivity contribution < 1.29 is 0 Å². The van der Waals surface area contributed by atoms with E-state index in [1.165, 1.54) is 27.8 Å². The maximum absolute atomic E-state index is 2.36. The van der Waals surface area contributed by atoms with Crippen molar-refractivity contribution in [2.24, 2.45) is 0 Å². The van der Waals surface area contributed by atoms with Gasteiger partial charge in [-0.1, -0.05) is 49.4 Å². The lowest BCUT2D eigenvalue weighted by Gasteiger charge is -2.30. The van der Waals surface area contributed by atoms with Gasteiger partial charge in [0.05, 0.1) is 0 Å². The first-order valence-electron chi connectivity index (χ1n) is 5.62. The van der Waals surface area contributed by atoms with E-state index >= 15 is 0 Å². The van der Waals surface area contributed by atoms with Crippen molar-refractivity contribution in [3.8, 4) is 0 Å². The SMILES string of the molecule is CCC=C1CC=CC2=C1c1ccccc12. The molecular formula is C15H14. The highest BCUT2D eigenvalue weighted by Gasteiger charge is 2.27. The fourth-order valence-corrected chi connectivity index (χ4v) is 2.51. The van der Waals surface area contributed by atoms with E-state index in [0.29, 0.717) is 0 Å². The molecule has 0 aliphatic heterocycles. The highest BCUT2D eigenvalue weighted by Crippen LogP contribution is 2.48. The van der Waals surface area contributed by atoms with Crippen LogP contribution in [0.1, 0.15) is 30.9 Å². The molecule has 0 saturated carbocycles. The van der Waals surface area contributed by atoms with Crippen LogP contribution in [0.5, 0.6) is 0 Å². The third-order valence-corrected chi connectivity index (χ3v) is 3.15. The monoisotopic (exact) mass is 194 g/mol. The van der Waals surface area contributed by atoms with Crippen molar-refractivity contribution in [3.63, 3.8) is 0 Å². The topological polar surface area (TPSA) is 0 Å². The molecule has 0 saturated heterocycles. The van der Waals surface area contributed by atoms with Gasteiger partial charge in [-0.15, -0.1) is 0 Å². The maximum atomic E-state index is 2.36. The Kier molecular flexibility index (Phi) is 1.88. The van der Waals surface area contributed by atoms with Crippen LogP contribution >= 0.6 is 0 Å². The lowest BCUT2D eigenvalue weighted by molar-refractivity contribution is 1.15. The average Bonchev–Trinajstić information content (AvgIpc) is 2.26. The van der Waals surface area contributed by atoms with Crippen molar-refractivity contribution in [2.75, 3.05) is 0 Å². The van der Waals surface area contributed by atoms with Crippen LogP contribution in [0.25, 0.3) is 11.1 Å². The Morgan fingerprint density at radius 3 is 2.80 bits per heavy atom. The zero-order valence-corrected chi connectivity index (χ0v) is 8.96. The van der Waals surface area contributed by atoms with Gasteiger partial charge in [-0.05, 0) is 40.7 Å². The Balaban J connectivity index is 2.13. The van der Waals surface area contributed by atoms with E-state index in [1.807, 2.05) is 0 Å². The minimum absolute atomic E-state index is 1.10. The quantitative estimate of drug-likeness (QED) is 0.628. The van der Waals surface area contributed by atoms with Gasteiger partial charge in [0.2, 0.25) is 0 Å². The van der Waals surface area contributed by atoms with Crippen LogP contribution in [-0.2, 0) is 0 Å². The molecule has 74 valence electrons. The summed E-state index contributed by atoms with van der Waals surface area (Å²) in [7, 11) is 0. The minimum atomic E-state index is 1.10. The summed E-state index contributed by atoms with van der Waals surface area (Å²) in [5.41, 5.74) is 7.31. The molecule has 0 atom stereocenters. The van der Waals surface area contributed by atoms with Crippen LogP contribution in [0.2, 0.25) is 0 Å². The molecule has 15 heavy (non-hydrogen) atoms. The minimum Gasteiger partial charge on any atom is -0.0806 e. The van der Waals surface area contributed by atoms with E-state index in [0.717, 1.165) is 12.8 Å². The Morgan fingerprint density at radius 1 is 1.20 bits per heavy atom. The summed E-state index contributed by atoms with van der Waals surface area (Å²) in [4.78, 5) is 0. The summed E-state index contributed by atoms with van der Waals surface area (Å²) in [5.74, 6) is 0. The molecule has 2 aliphatic carbocycles. The van der Waals surface area contributed by atoms with Crippen molar-refractivity contribution in [1.29, 1.82) is 0 Å². The summed E-state index contributed by atoms with van der Waals surface area (Å²) in [6.07, 6.45) is 9.12. The summed E-state index contributed by atoms with van der Waals surface area (Å²) < 4.78 is 0. The third kappa shape index (κ3) is 1.14. The van der Waals surface area contributed by atoms with Gasteiger partial charge < -0.3 is 0 Å². The van der Waals surface area contributed by atoms with E-state index in [4.69, 9.17) is 0 Å². The molecule has 0 spiro atoms. The summed E-state index contributed by atoms with van der Waals surface area (Å²) in [6, 6.07) is 8.70. The molecule has 0 amide bonds. The second-order valence-corrected chi connectivity index (χ2v) is 4.08. The molecule has 1 aromatic rings. The van der Waals surface area contributed by atoms with Crippen LogP contribution in [0, 0.1) is 0 Å². The van der Waals surface area contributed by atoms with E-state index < -0.39 is 0 Å². The number of hydrogen-bond donors (Lipinski definition) is 0. The first-order chi connectivity index (χ1) is 7.42. The van der Waals surface area contributed by atoms with E-state index in [9.17, 15) is 0 Å². The lowest BCUT2D eigenvalue weighted by atomic mass is 9.73. The molecule has 0 nitrogen and oxygen atoms in total. The molecule has 0 radical (unpaired) electrons. The smallest absolute Gasteiger partial charge is 0.00670 e. The number of hydrogen-bond acceptors (Lipinski definition) is 0. The molecule has 0 fully saturated rings. The van der Waals surface area contributed by atoms with Gasteiger partial charge in [0.1, 0.15) is 0 Å². The highest BCUT2D eigenvalue weighted by atomic mass is 14.3. The normalized spacial score (nSPS) is 19.9. The molecule has 2 aliphatic rings. The van der Waals surface area contributed by atoms with Gasteiger partial charge in [0, 0.05) is 0 Å². The van der Waals surface area contributed by atoms with Crippen molar-refractivity contribution in [3.05, 3.63) is 59.2 Å². The number of allylic oxidation sites excluding steroid dienone is 6. The molecule has 0 N–H and O–H groups in total. The van der Waals surface area contributed by atoms with Gasteiger partial charge in [-0.2, -0.15) is 0 Å². The number of benzene rings is 1. The van der Waals surface area contributed by atoms with Gasteiger partial charge in [0.15, 0.2) is 0 Å². The second kappa shape index (κ2) is 3.23. The van der Waals surface area contributed by atoms with Crippen LogP contribution in [-0.4, -0.2) is 0 Å². The van der Waals surface area contributed by atoms with E-state index in [-0.39, 0.29) is 0 Å². The zero-order valence-electron chi connectivity index (χ0n) is 8.96. The molecule has 0 bridgehead atoms. The van der Waals surface area contributed by atoms with Gasteiger partial charge in [-0.25, -0.2) is 0 Å². The molecule has 0 aromatic heterocycles. The van der Waals surface area contributed by atoms with E-state index in [2.05, 4.69) is 49.4 Å². The fourth-order valence-electron chi connectivity index (χ4n) is 2.51. The fraction of sp³-hybridized carbons (Fsp3) is 0.200. The zero-order chi connectivity index (χ0) is 10.3. The van der Waals surface area contributed by atoms with E-state index in [1.54, 1.807) is 0 Å². The molecule has 0 heteroatoms. The summed E-state index contributed by atoms with van der Waals surface area (Å²) in [5, 5.41) is 0. The number of rotatable bonds is 1. The van der Waals surface area contributed by atoms with Crippen LogP contribution in [0.4, 0.5) is 0 Å². The second-order valence-electron chi connectivity index (χ2n) is 4.08. The predicted molar refractivity (Wildman–Crippen MR) is 65.4 cm³/mol. The maximum Gasteiger partial charge on any atom is -0.00670 e. The van der Waals surface area contributed by atoms with Crippen LogP contribution < -0.4 is 0 Å². The van der Waals surface area contributed by atoms with Gasteiger partial charge >= 0.3 is 0 Å². The summed E-state index contributed by atoms with van der Waals surface area (Å²) in [6.45, 7) is 2.20. The van der Waals surface area contributed by atoms with Gasteiger partial charge in [0.25, 0.3) is 0 Å². The van der Waals surface area contributed by atoms with Crippen molar-refractivity contribution >= 4 is 11.1 Å². The van der Waals surface area contributed by atoms with Crippen molar-refractivity contribution in [2.45, 2.75) is 19.8 Å². The Hall–Kier alpha value is -1.56. The Labute approximate surface area is 90.6 Å². The average molecular weight is 194 g/mol. The first kappa shape index (κ1) is 8.72. The lowest BCUT2D eigenvalue weighted by Crippen LogP contribution is -2.09. The molecule has 0 unspecified atom stereocenters. The Morgan fingerprint density at radius 2 is 2.00 bits per heavy atom. The first-order valence-corrected chi connectivity index (χ1v) is 5.62.